The van der Waals surface area contributed by atoms with Crippen LogP contribution >= 0.6 is 0 Å². The maximum atomic E-state index is 14.1. The minimum absolute atomic E-state index is 0.00235. The predicted molar refractivity (Wildman–Crippen MR) is 172 cm³/mol. The highest BCUT2D eigenvalue weighted by Crippen LogP contribution is 2.40. The number of hydrogen-bond acceptors (Lipinski definition) is 9. The zero-order valence-electron chi connectivity index (χ0n) is 27.6. The number of anilines is 1. The van der Waals surface area contributed by atoms with E-state index in [4.69, 9.17) is 14.2 Å². The Morgan fingerprint density at radius 2 is 1.79 bits per heavy atom. The second-order valence-corrected chi connectivity index (χ2v) is 12.6. The van der Waals surface area contributed by atoms with Crippen molar-refractivity contribution >= 4 is 35.5 Å². The molecule has 0 bridgehead atoms. The molecule has 47 heavy (non-hydrogen) atoms. The number of carbonyl (C=O) groups excluding carboxylic acids is 5. The van der Waals surface area contributed by atoms with Crippen LogP contribution in [0, 0.1) is 13.8 Å². The Labute approximate surface area is 273 Å². The summed E-state index contributed by atoms with van der Waals surface area (Å²) < 4.78 is 16.5. The van der Waals surface area contributed by atoms with E-state index in [-0.39, 0.29) is 37.1 Å². The van der Waals surface area contributed by atoms with Gasteiger partial charge in [0.05, 0.1) is 37.7 Å². The van der Waals surface area contributed by atoms with Gasteiger partial charge in [-0.3, -0.25) is 29.6 Å². The first-order chi connectivity index (χ1) is 22.2. The van der Waals surface area contributed by atoms with Gasteiger partial charge >= 0.3 is 12.1 Å². The first kappa shape index (κ1) is 33.1. The highest BCUT2D eigenvalue weighted by molar-refractivity contribution is 6.08. The predicted octanol–water partition coefficient (Wildman–Crippen LogP) is 4.86. The van der Waals surface area contributed by atoms with Crippen LogP contribution in [-0.2, 0) is 32.2 Å². The maximum absolute atomic E-state index is 14.1. The molecule has 0 saturated carbocycles. The number of pyridine rings is 1. The van der Waals surface area contributed by atoms with Crippen LogP contribution in [0.2, 0.25) is 0 Å². The molecule has 1 N–H and O–H groups in total. The van der Waals surface area contributed by atoms with Gasteiger partial charge < -0.3 is 19.1 Å². The number of fused-ring (bicyclic) bond motifs is 1. The summed E-state index contributed by atoms with van der Waals surface area (Å²) in [5.74, 6) is -1.34. The second kappa shape index (κ2) is 12.9. The van der Waals surface area contributed by atoms with Crippen LogP contribution in [0.3, 0.4) is 0 Å². The van der Waals surface area contributed by atoms with E-state index in [0.717, 1.165) is 11.1 Å². The molecule has 0 radical (unpaired) electrons. The third-order valence-electron chi connectivity index (χ3n) is 8.24. The molecule has 2 aliphatic rings. The normalized spacial score (nSPS) is 16.0. The van der Waals surface area contributed by atoms with E-state index in [0.29, 0.717) is 33.8 Å². The van der Waals surface area contributed by atoms with Gasteiger partial charge in [-0.2, -0.15) is 0 Å². The largest absolute Gasteiger partial charge is 0.496 e. The van der Waals surface area contributed by atoms with E-state index < -0.39 is 41.4 Å². The van der Waals surface area contributed by atoms with Crippen LogP contribution in [0.4, 0.5) is 10.5 Å². The van der Waals surface area contributed by atoms with E-state index in [1.165, 1.54) is 16.9 Å². The Kier molecular flexibility index (Phi) is 9.06. The van der Waals surface area contributed by atoms with Crippen molar-refractivity contribution in [1.82, 2.24) is 15.2 Å². The van der Waals surface area contributed by atoms with Crippen LogP contribution in [0.25, 0.3) is 11.1 Å². The minimum atomic E-state index is -0.883. The lowest BCUT2D eigenvalue weighted by Crippen LogP contribution is -2.52. The number of nitrogens with one attached hydrogen (secondary N) is 1. The van der Waals surface area contributed by atoms with Gasteiger partial charge in [-0.25, -0.2) is 9.59 Å². The number of rotatable bonds is 7. The number of aryl methyl sites for hydroxylation is 1. The summed E-state index contributed by atoms with van der Waals surface area (Å²) in [5, 5.41) is 2.32. The number of aromatic nitrogens is 1. The Hall–Kier alpha value is -5.26. The van der Waals surface area contributed by atoms with Gasteiger partial charge in [0, 0.05) is 41.4 Å². The number of imide groups is 1. The van der Waals surface area contributed by atoms with Gasteiger partial charge in [0.25, 0.3) is 5.91 Å². The lowest BCUT2D eigenvalue weighted by Gasteiger charge is -2.30. The number of piperidine rings is 1. The van der Waals surface area contributed by atoms with Gasteiger partial charge in [-0.1, -0.05) is 18.2 Å². The van der Waals surface area contributed by atoms with Gasteiger partial charge in [0.1, 0.15) is 17.4 Å². The molecule has 2 aliphatic heterocycles. The van der Waals surface area contributed by atoms with Crippen LogP contribution in [-0.4, -0.2) is 65.5 Å². The summed E-state index contributed by atoms with van der Waals surface area (Å²) in [6, 6.07) is 9.29. The average molecular weight is 643 g/mol. The fraction of sp³-hybridized carbons (Fsp3) is 0.371. The summed E-state index contributed by atoms with van der Waals surface area (Å²) in [7, 11) is 2.85. The number of esters is 1. The van der Waals surface area contributed by atoms with Crippen molar-refractivity contribution in [3.05, 3.63) is 76.1 Å². The highest BCUT2D eigenvalue weighted by Gasteiger charge is 2.42. The van der Waals surface area contributed by atoms with E-state index in [9.17, 15) is 24.0 Å². The van der Waals surface area contributed by atoms with Gasteiger partial charge in [-0.15, -0.1) is 0 Å². The molecule has 2 aromatic carbocycles. The highest BCUT2D eigenvalue weighted by atomic mass is 16.6. The summed E-state index contributed by atoms with van der Waals surface area (Å²) in [6.45, 7) is 8.94. The molecule has 0 spiro atoms. The molecule has 0 aliphatic carbocycles. The van der Waals surface area contributed by atoms with Crippen LogP contribution in [0.1, 0.15) is 76.7 Å². The van der Waals surface area contributed by atoms with Crippen LogP contribution in [0.15, 0.2) is 42.6 Å². The Balaban J connectivity index is 1.73. The summed E-state index contributed by atoms with van der Waals surface area (Å²) >= 11 is 0. The number of carbonyl (C=O) groups is 5. The average Bonchev–Trinajstić information content (AvgIpc) is 3.35. The van der Waals surface area contributed by atoms with Gasteiger partial charge in [0.2, 0.25) is 11.8 Å². The molecule has 4 amide bonds. The Morgan fingerprint density at radius 1 is 1.06 bits per heavy atom. The molecule has 1 saturated heterocycles. The van der Waals surface area contributed by atoms with Crippen molar-refractivity contribution < 1.29 is 38.2 Å². The number of ether oxygens (including phenoxy) is 3. The molecule has 12 nitrogen and oxygen atoms in total. The molecule has 3 aromatic rings. The summed E-state index contributed by atoms with van der Waals surface area (Å²) in [5.41, 5.74) is 3.52. The van der Waals surface area contributed by atoms with E-state index in [1.807, 2.05) is 13.8 Å². The third kappa shape index (κ3) is 6.53. The first-order valence-electron chi connectivity index (χ1n) is 15.2. The van der Waals surface area contributed by atoms with Crippen molar-refractivity contribution in [2.75, 3.05) is 19.1 Å². The monoisotopic (exact) mass is 642 g/mol. The van der Waals surface area contributed by atoms with E-state index in [1.54, 1.807) is 70.5 Å². The zero-order valence-corrected chi connectivity index (χ0v) is 27.6. The summed E-state index contributed by atoms with van der Waals surface area (Å²) in [6.07, 6.45) is 1.23. The Morgan fingerprint density at radius 3 is 2.45 bits per heavy atom. The molecule has 5 rings (SSSR count). The zero-order chi connectivity index (χ0) is 34.2. The maximum Gasteiger partial charge on any atom is 0.415 e. The molecule has 246 valence electrons. The lowest BCUT2D eigenvalue weighted by atomic mass is 9.94. The van der Waals surface area contributed by atoms with E-state index >= 15 is 0 Å². The van der Waals surface area contributed by atoms with Crippen molar-refractivity contribution in [2.45, 2.75) is 72.2 Å². The minimum Gasteiger partial charge on any atom is -0.496 e. The third-order valence-corrected chi connectivity index (χ3v) is 8.24. The number of benzene rings is 2. The lowest BCUT2D eigenvalue weighted by molar-refractivity contribution is -0.136. The fourth-order valence-electron chi connectivity index (χ4n) is 6.01. The molecular formula is C35H38N4O8. The molecule has 12 heteroatoms. The number of methoxy groups -OCH3 is 2. The summed E-state index contributed by atoms with van der Waals surface area (Å²) in [4.78, 5) is 73.2. The first-order valence-corrected chi connectivity index (χ1v) is 15.2. The van der Waals surface area contributed by atoms with Crippen molar-refractivity contribution in [3.63, 3.8) is 0 Å². The smallest absolute Gasteiger partial charge is 0.415 e. The molecule has 1 fully saturated rings. The molecule has 3 heterocycles. The SMILES string of the molecule is COC(=O)c1ccccc1-c1cc2c(c(N(Cc3ncc(C)c(OC)c3C)C(=O)OC(C)(C)C)c1)CN(C1CCC(=O)NC1=O)C2=O. The Bertz CT molecular complexity index is 1790. The number of nitrogens with zero attached hydrogens (tertiary/aromatic N) is 3. The van der Waals surface area contributed by atoms with Crippen molar-refractivity contribution in [2.24, 2.45) is 0 Å². The molecule has 1 aromatic heterocycles. The molecule has 1 atom stereocenters. The van der Waals surface area contributed by atoms with E-state index in [2.05, 4.69) is 10.3 Å². The fourth-order valence-corrected chi connectivity index (χ4v) is 6.01. The second-order valence-electron chi connectivity index (χ2n) is 12.6. The molecule has 1 unspecified atom stereocenters. The topological polar surface area (TPSA) is 144 Å². The van der Waals surface area contributed by atoms with Crippen molar-refractivity contribution in [3.8, 4) is 16.9 Å². The van der Waals surface area contributed by atoms with Crippen LogP contribution in [0.5, 0.6) is 5.75 Å². The number of amides is 4. The standard InChI is InChI=1S/C35H38N4O8/c1-19-16-36-26(20(2)30(19)45-6)18-39(34(44)47-35(3,4)5)28-15-21(22-10-8-9-11-23(22)33(43)46-7)14-24-25(28)17-38(32(24)42)27-12-13-29(40)37-31(27)41/h8-11,14-16,27H,12-13,17-18H2,1-7H3,(H,37,40,41). The van der Waals surface area contributed by atoms with Crippen LogP contribution < -0.4 is 15.0 Å². The van der Waals surface area contributed by atoms with Gasteiger partial charge in [0.15, 0.2) is 0 Å². The number of hydrogen-bond donors (Lipinski definition) is 1. The molecular weight excluding hydrogens is 604 g/mol. The quantitative estimate of drug-likeness (QED) is 0.282. The van der Waals surface area contributed by atoms with Gasteiger partial charge in [-0.05, 0) is 70.4 Å². The van der Waals surface area contributed by atoms with Crippen molar-refractivity contribution in [1.29, 1.82) is 0 Å².